The smallest absolute Gasteiger partial charge is 0.265 e. The molecule has 1 aliphatic heterocycles. The molecule has 4 rings (SSSR count). The minimum Gasteiger partial charge on any atom is -0.324 e. The Bertz CT molecular complexity index is 1220. The van der Waals surface area contributed by atoms with Crippen molar-refractivity contribution >= 4 is 38.1 Å². The van der Waals surface area contributed by atoms with Crippen LogP contribution in [0.15, 0.2) is 65.6 Å². The number of amides is 1. The maximum Gasteiger partial charge on any atom is 0.265 e. The number of carbonyl (C=O) groups is 1. The molecule has 3 aromatic rings. The molecule has 1 atom stereocenters. The van der Waals surface area contributed by atoms with Crippen molar-refractivity contribution < 1.29 is 13.2 Å². The molecule has 0 radical (unpaired) electrons. The normalized spacial score (nSPS) is 15.3. The fourth-order valence-corrected chi connectivity index (χ4v) is 5.22. The van der Waals surface area contributed by atoms with Crippen LogP contribution in [0.4, 0.5) is 11.4 Å². The molecule has 0 saturated heterocycles. The third-order valence-electron chi connectivity index (χ3n) is 4.61. The number of sulfonamides is 1. The van der Waals surface area contributed by atoms with Gasteiger partial charge in [-0.05, 0) is 42.6 Å². The van der Waals surface area contributed by atoms with Crippen molar-refractivity contribution in [2.24, 2.45) is 0 Å². The van der Waals surface area contributed by atoms with Gasteiger partial charge in [0.05, 0.1) is 22.2 Å². The maximum absolute atomic E-state index is 13.1. The van der Waals surface area contributed by atoms with Crippen LogP contribution in [-0.4, -0.2) is 20.4 Å². The zero-order valence-corrected chi connectivity index (χ0v) is 15.2. The lowest BCUT2D eigenvalue weighted by molar-refractivity contribution is -0.116. The van der Waals surface area contributed by atoms with Crippen LogP contribution in [0, 0.1) is 11.3 Å². The Morgan fingerprint density at radius 1 is 1.11 bits per heavy atom. The van der Waals surface area contributed by atoms with Gasteiger partial charge in [-0.25, -0.2) is 8.42 Å². The van der Waals surface area contributed by atoms with Gasteiger partial charge in [0.1, 0.15) is 6.04 Å². The Hall–Kier alpha value is -3.37. The standard InChI is InChI=1S/C20H15N3O3S/c1-13(20(24)22-16-8-2-5-14(11-16)12-21)23-17-9-3-6-15-7-4-10-18(19(15)17)27(23,25)26/h2-11,13H,1H3,(H,22,24)/t13-/m1/s1. The number of nitrogens with zero attached hydrogens (tertiary/aromatic N) is 2. The van der Waals surface area contributed by atoms with Crippen molar-refractivity contribution in [1.29, 1.82) is 5.26 Å². The fraction of sp³-hybridized carbons (Fsp3) is 0.100. The molecule has 0 bridgehead atoms. The number of anilines is 2. The second-order valence-electron chi connectivity index (χ2n) is 6.29. The second-order valence-corrected chi connectivity index (χ2v) is 8.07. The first kappa shape index (κ1) is 17.1. The molecule has 1 heterocycles. The lowest BCUT2D eigenvalue weighted by Gasteiger charge is -2.25. The van der Waals surface area contributed by atoms with E-state index in [0.717, 1.165) is 9.69 Å². The van der Waals surface area contributed by atoms with Crippen molar-refractivity contribution in [2.45, 2.75) is 17.9 Å². The molecule has 0 aromatic heterocycles. The van der Waals surface area contributed by atoms with Gasteiger partial charge in [0.25, 0.3) is 10.0 Å². The van der Waals surface area contributed by atoms with E-state index in [1.165, 1.54) is 0 Å². The second kappa shape index (κ2) is 6.11. The average molecular weight is 377 g/mol. The van der Waals surface area contributed by atoms with Gasteiger partial charge >= 0.3 is 0 Å². The first-order valence-electron chi connectivity index (χ1n) is 8.30. The molecule has 134 valence electrons. The molecule has 0 saturated carbocycles. The van der Waals surface area contributed by atoms with Gasteiger partial charge in [0.15, 0.2) is 0 Å². The highest BCUT2D eigenvalue weighted by Crippen LogP contribution is 2.43. The SMILES string of the molecule is C[C@H](C(=O)Nc1cccc(C#N)c1)N1c2cccc3cccc(c23)S1(=O)=O. The summed E-state index contributed by atoms with van der Waals surface area (Å²) in [6, 6.07) is 17.9. The van der Waals surface area contributed by atoms with E-state index in [9.17, 15) is 13.2 Å². The molecule has 7 heteroatoms. The molecular weight excluding hydrogens is 362 g/mol. The van der Waals surface area contributed by atoms with Crippen LogP contribution >= 0.6 is 0 Å². The molecule has 0 unspecified atom stereocenters. The van der Waals surface area contributed by atoms with Crippen LogP contribution in [-0.2, 0) is 14.8 Å². The van der Waals surface area contributed by atoms with E-state index in [1.807, 2.05) is 18.2 Å². The molecule has 1 aliphatic rings. The molecule has 3 aromatic carbocycles. The minimum atomic E-state index is -3.83. The van der Waals surface area contributed by atoms with Crippen molar-refractivity contribution in [3.05, 3.63) is 66.2 Å². The number of carbonyl (C=O) groups excluding carboxylic acids is 1. The molecule has 1 amide bonds. The fourth-order valence-electron chi connectivity index (χ4n) is 3.36. The predicted molar refractivity (Wildman–Crippen MR) is 103 cm³/mol. The largest absolute Gasteiger partial charge is 0.324 e. The summed E-state index contributed by atoms with van der Waals surface area (Å²) in [7, 11) is -3.83. The molecule has 0 spiro atoms. The molecule has 6 nitrogen and oxygen atoms in total. The highest BCUT2D eigenvalue weighted by molar-refractivity contribution is 7.93. The summed E-state index contributed by atoms with van der Waals surface area (Å²) in [5, 5.41) is 13.1. The van der Waals surface area contributed by atoms with Gasteiger partial charge in [-0.15, -0.1) is 0 Å². The van der Waals surface area contributed by atoms with Crippen LogP contribution in [0.3, 0.4) is 0 Å². The van der Waals surface area contributed by atoms with E-state index in [2.05, 4.69) is 5.32 Å². The number of hydrogen-bond donors (Lipinski definition) is 1. The van der Waals surface area contributed by atoms with Gasteiger partial charge in [-0.1, -0.05) is 30.3 Å². The lowest BCUT2D eigenvalue weighted by atomic mass is 10.1. The Kier molecular flexibility index (Phi) is 3.86. The summed E-state index contributed by atoms with van der Waals surface area (Å²) in [5.41, 5.74) is 1.35. The van der Waals surface area contributed by atoms with E-state index >= 15 is 0 Å². The Balaban J connectivity index is 1.72. The quantitative estimate of drug-likeness (QED) is 0.759. The van der Waals surface area contributed by atoms with Crippen molar-refractivity contribution in [3.8, 4) is 6.07 Å². The number of nitrogens with one attached hydrogen (secondary N) is 1. The third kappa shape index (κ3) is 2.62. The molecule has 0 fully saturated rings. The van der Waals surface area contributed by atoms with Crippen molar-refractivity contribution in [2.75, 3.05) is 9.62 Å². The molecular formula is C20H15N3O3S. The Morgan fingerprint density at radius 2 is 1.81 bits per heavy atom. The first-order chi connectivity index (χ1) is 12.9. The number of hydrogen-bond acceptors (Lipinski definition) is 4. The summed E-state index contributed by atoms with van der Waals surface area (Å²) in [5.74, 6) is -0.474. The van der Waals surface area contributed by atoms with Gasteiger partial charge in [0, 0.05) is 11.1 Å². The number of benzene rings is 3. The van der Waals surface area contributed by atoms with Crippen LogP contribution in [0.2, 0.25) is 0 Å². The summed E-state index contributed by atoms with van der Waals surface area (Å²) >= 11 is 0. The number of rotatable bonds is 3. The molecule has 27 heavy (non-hydrogen) atoms. The monoisotopic (exact) mass is 377 g/mol. The van der Waals surface area contributed by atoms with Crippen LogP contribution in [0.1, 0.15) is 12.5 Å². The Morgan fingerprint density at radius 3 is 2.56 bits per heavy atom. The van der Waals surface area contributed by atoms with E-state index in [-0.39, 0.29) is 4.90 Å². The topological polar surface area (TPSA) is 90.3 Å². The van der Waals surface area contributed by atoms with Gasteiger partial charge < -0.3 is 5.32 Å². The van der Waals surface area contributed by atoms with Crippen molar-refractivity contribution in [3.63, 3.8) is 0 Å². The highest BCUT2D eigenvalue weighted by atomic mass is 32.2. The molecule has 1 N–H and O–H groups in total. The van der Waals surface area contributed by atoms with Crippen LogP contribution < -0.4 is 9.62 Å². The Labute approximate surface area is 156 Å². The van der Waals surface area contributed by atoms with E-state index in [4.69, 9.17) is 5.26 Å². The van der Waals surface area contributed by atoms with Crippen LogP contribution in [0.5, 0.6) is 0 Å². The zero-order chi connectivity index (χ0) is 19.2. The maximum atomic E-state index is 13.1. The minimum absolute atomic E-state index is 0.210. The zero-order valence-electron chi connectivity index (χ0n) is 14.4. The van der Waals surface area contributed by atoms with Crippen LogP contribution in [0.25, 0.3) is 10.8 Å². The summed E-state index contributed by atoms with van der Waals surface area (Å²) in [4.78, 5) is 13.0. The van der Waals surface area contributed by atoms with Crippen molar-refractivity contribution in [1.82, 2.24) is 0 Å². The van der Waals surface area contributed by atoms with Gasteiger partial charge in [-0.3, -0.25) is 9.10 Å². The van der Waals surface area contributed by atoms with E-state index < -0.39 is 22.0 Å². The highest BCUT2D eigenvalue weighted by Gasteiger charge is 2.40. The third-order valence-corrected chi connectivity index (χ3v) is 6.54. The van der Waals surface area contributed by atoms with E-state index in [1.54, 1.807) is 55.5 Å². The van der Waals surface area contributed by atoms with E-state index in [0.29, 0.717) is 22.3 Å². The summed E-state index contributed by atoms with van der Waals surface area (Å²) in [6.45, 7) is 1.55. The summed E-state index contributed by atoms with van der Waals surface area (Å²) in [6.07, 6.45) is 0. The predicted octanol–water partition coefficient (Wildman–Crippen LogP) is 3.25. The van der Waals surface area contributed by atoms with Gasteiger partial charge in [0.2, 0.25) is 5.91 Å². The summed E-state index contributed by atoms with van der Waals surface area (Å²) < 4.78 is 27.3. The average Bonchev–Trinajstić information content (AvgIpc) is 2.90. The lowest BCUT2D eigenvalue weighted by Crippen LogP contribution is -2.43. The number of nitriles is 1. The molecule has 0 aliphatic carbocycles. The first-order valence-corrected chi connectivity index (χ1v) is 9.75. The van der Waals surface area contributed by atoms with Gasteiger partial charge in [-0.2, -0.15) is 5.26 Å².